The number of anilines is 2. The molecule has 9 heteroatoms. The van der Waals surface area contributed by atoms with Crippen molar-refractivity contribution in [3.05, 3.63) is 48.0 Å². The van der Waals surface area contributed by atoms with E-state index in [0.717, 1.165) is 31.2 Å². The van der Waals surface area contributed by atoms with Crippen LogP contribution in [0.2, 0.25) is 0 Å². The summed E-state index contributed by atoms with van der Waals surface area (Å²) in [4.78, 5) is 17.0. The van der Waals surface area contributed by atoms with E-state index in [9.17, 15) is 4.79 Å². The molecule has 0 spiro atoms. The van der Waals surface area contributed by atoms with Crippen LogP contribution in [-0.4, -0.2) is 32.9 Å². The van der Waals surface area contributed by atoms with Gasteiger partial charge >= 0.3 is 0 Å². The molecule has 0 atom stereocenters. The highest BCUT2D eigenvalue weighted by Gasteiger charge is 2.22. The summed E-state index contributed by atoms with van der Waals surface area (Å²) in [7, 11) is 0. The monoisotopic (exact) mass is 453 g/mol. The third-order valence-corrected chi connectivity index (χ3v) is 7.65. The zero-order valence-corrected chi connectivity index (χ0v) is 18.7. The largest absolute Gasteiger partial charge is 0.357 e. The van der Waals surface area contributed by atoms with Gasteiger partial charge in [-0.05, 0) is 61.7 Å². The average molecular weight is 454 g/mol. The predicted molar refractivity (Wildman–Crippen MR) is 126 cm³/mol. The van der Waals surface area contributed by atoms with Crippen molar-refractivity contribution in [2.24, 2.45) is 0 Å². The first-order chi connectivity index (χ1) is 14.6. The topological polar surface area (TPSA) is 79.8 Å². The third kappa shape index (κ3) is 4.63. The lowest BCUT2D eigenvalue weighted by molar-refractivity contribution is -0.113. The number of rotatable bonds is 7. The van der Waals surface area contributed by atoms with E-state index in [1.54, 1.807) is 11.3 Å². The van der Waals surface area contributed by atoms with Crippen LogP contribution in [0.4, 0.5) is 10.8 Å². The molecule has 152 valence electrons. The van der Waals surface area contributed by atoms with Gasteiger partial charge < -0.3 is 10.6 Å². The second kappa shape index (κ2) is 8.33. The summed E-state index contributed by atoms with van der Waals surface area (Å²) in [5.74, 6) is 0.243. The number of carbonyl (C=O) groups excluding carboxylic acids is 1. The number of carbonyl (C=O) groups is 1. The van der Waals surface area contributed by atoms with Crippen molar-refractivity contribution in [2.45, 2.75) is 30.1 Å². The van der Waals surface area contributed by atoms with Crippen LogP contribution in [0.5, 0.6) is 0 Å². The number of benzene rings is 2. The fraction of sp³-hybridized carbons (Fsp3) is 0.238. The van der Waals surface area contributed by atoms with Crippen LogP contribution < -0.4 is 10.6 Å². The summed E-state index contributed by atoms with van der Waals surface area (Å²) >= 11 is 4.58. The fourth-order valence-electron chi connectivity index (χ4n) is 2.90. The number of amides is 1. The molecule has 1 saturated carbocycles. The molecule has 0 aliphatic heterocycles. The number of thioether (sulfide) groups is 1. The molecule has 2 aromatic carbocycles. The van der Waals surface area contributed by atoms with Gasteiger partial charge in [0.15, 0.2) is 4.34 Å². The van der Waals surface area contributed by atoms with Crippen molar-refractivity contribution in [1.29, 1.82) is 0 Å². The Labute approximate surface area is 186 Å². The van der Waals surface area contributed by atoms with Gasteiger partial charge in [0.1, 0.15) is 5.01 Å². The molecule has 30 heavy (non-hydrogen) atoms. The molecule has 2 aromatic heterocycles. The third-order valence-electron chi connectivity index (χ3n) is 4.60. The van der Waals surface area contributed by atoms with Crippen LogP contribution in [0.3, 0.4) is 0 Å². The summed E-state index contributed by atoms with van der Waals surface area (Å²) < 4.78 is 1.99. The Bertz CT molecular complexity index is 1200. The van der Waals surface area contributed by atoms with Crippen molar-refractivity contribution in [2.75, 3.05) is 16.4 Å². The number of aryl methyl sites for hydroxylation is 1. The Morgan fingerprint density at radius 1 is 1.13 bits per heavy atom. The van der Waals surface area contributed by atoms with Crippen LogP contribution in [0.25, 0.3) is 20.8 Å². The van der Waals surface area contributed by atoms with Gasteiger partial charge in [-0.2, -0.15) is 0 Å². The van der Waals surface area contributed by atoms with Gasteiger partial charge in [-0.1, -0.05) is 29.2 Å². The fourth-order valence-corrected chi connectivity index (χ4v) is 5.60. The van der Waals surface area contributed by atoms with E-state index >= 15 is 0 Å². The summed E-state index contributed by atoms with van der Waals surface area (Å²) in [5.41, 5.74) is 4.07. The Kier molecular flexibility index (Phi) is 5.41. The highest BCUT2D eigenvalue weighted by molar-refractivity contribution is 8.01. The van der Waals surface area contributed by atoms with Crippen LogP contribution in [0, 0.1) is 6.92 Å². The van der Waals surface area contributed by atoms with Crippen molar-refractivity contribution in [1.82, 2.24) is 15.2 Å². The van der Waals surface area contributed by atoms with Crippen LogP contribution in [-0.2, 0) is 4.79 Å². The van der Waals surface area contributed by atoms with E-state index in [1.165, 1.54) is 46.2 Å². The number of hydrogen-bond donors (Lipinski definition) is 2. The Morgan fingerprint density at radius 2 is 1.97 bits per heavy atom. The minimum Gasteiger partial charge on any atom is -0.357 e. The zero-order chi connectivity index (χ0) is 20.5. The molecule has 6 nitrogen and oxygen atoms in total. The quantitative estimate of drug-likeness (QED) is 0.363. The summed E-state index contributed by atoms with van der Waals surface area (Å²) in [6, 6.07) is 14.7. The van der Waals surface area contributed by atoms with E-state index in [2.05, 4.69) is 46.0 Å². The second-order valence-corrected chi connectivity index (χ2v) is 10.4. The van der Waals surface area contributed by atoms with Gasteiger partial charge in [-0.3, -0.25) is 4.79 Å². The highest BCUT2D eigenvalue weighted by atomic mass is 32.2. The maximum atomic E-state index is 12.3. The van der Waals surface area contributed by atoms with Gasteiger partial charge in [0, 0.05) is 17.3 Å². The maximum Gasteiger partial charge on any atom is 0.234 e. The summed E-state index contributed by atoms with van der Waals surface area (Å²) in [6.07, 6.45) is 2.39. The Morgan fingerprint density at radius 3 is 2.77 bits per heavy atom. The molecule has 1 amide bonds. The summed E-state index contributed by atoms with van der Waals surface area (Å²) in [6.45, 7) is 2.09. The molecule has 5 rings (SSSR count). The van der Waals surface area contributed by atoms with E-state index < -0.39 is 0 Å². The second-order valence-electron chi connectivity index (χ2n) is 7.20. The van der Waals surface area contributed by atoms with Crippen LogP contribution in [0.15, 0.2) is 46.8 Å². The molecule has 4 aromatic rings. The van der Waals surface area contributed by atoms with E-state index in [0.29, 0.717) is 11.8 Å². The van der Waals surface area contributed by atoms with Crippen molar-refractivity contribution >= 4 is 61.4 Å². The van der Waals surface area contributed by atoms with Crippen molar-refractivity contribution in [3.63, 3.8) is 0 Å². The first-order valence-corrected chi connectivity index (χ1v) is 12.2. The lowest BCUT2D eigenvalue weighted by Gasteiger charge is -2.05. The van der Waals surface area contributed by atoms with Gasteiger partial charge in [0.25, 0.3) is 0 Å². The molecule has 1 aliphatic rings. The molecule has 0 bridgehead atoms. The first-order valence-electron chi connectivity index (χ1n) is 9.63. The number of aromatic nitrogens is 3. The highest BCUT2D eigenvalue weighted by Crippen LogP contribution is 2.32. The number of fused-ring (bicyclic) bond motifs is 1. The Balaban J connectivity index is 1.17. The van der Waals surface area contributed by atoms with Gasteiger partial charge in [0.05, 0.1) is 16.0 Å². The normalized spacial score (nSPS) is 13.5. The van der Waals surface area contributed by atoms with Gasteiger partial charge in [-0.15, -0.1) is 21.5 Å². The number of thiazole rings is 1. The molecule has 1 fully saturated rings. The minimum absolute atomic E-state index is 0.0601. The van der Waals surface area contributed by atoms with E-state index in [1.807, 2.05) is 24.3 Å². The number of nitrogens with zero attached hydrogens (tertiary/aromatic N) is 3. The van der Waals surface area contributed by atoms with E-state index in [-0.39, 0.29) is 5.91 Å². The number of hydrogen-bond acceptors (Lipinski definition) is 8. The molecular formula is C21H19N5OS3. The average Bonchev–Trinajstić information content (AvgIpc) is 3.27. The van der Waals surface area contributed by atoms with Gasteiger partial charge in [-0.25, -0.2) is 4.98 Å². The molecule has 0 saturated heterocycles. The zero-order valence-electron chi connectivity index (χ0n) is 16.2. The standard InChI is InChI=1S/C21H19N5OS3/c1-12-2-9-16-17(10-12)29-19(24-16)13-3-5-14(6-4-13)22-18(27)11-28-21-26-25-20(30-21)23-15-7-8-15/h2-6,9-10,15H,7-8,11H2,1H3,(H,22,27)(H,23,25). The molecule has 0 radical (unpaired) electrons. The first kappa shape index (κ1) is 19.5. The Hall–Kier alpha value is -2.49. The van der Waals surface area contributed by atoms with Crippen molar-refractivity contribution in [3.8, 4) is 10.6 Å². The predicted octanol–water partition coefficient (Wildman–Crippen LogP) is 5.43. The van der Waals surface area contributed by atoms with Crippen LogP contribution in [0.1, 0.15) is 18.4 Å². The molecule has 0 unspecified atom stereocenters. The lowest BCUT2D eigenvalue weighted by Crippen LogP contribution is -2.13. The van der Waals surface area contributed by atoms with Gasteiger partial charge in [0.2, 0.25) is 11.0 Å². The van der Waals surface area contributed by atoms with E-state index in [4.69, 9.17) is 4.98 Å². The molecule has 1 aliphatic carbocycles. The molecular weight excluding hydrogens is 434 g/mol. The minimum atomic E-state index is -0.0601. The van der Waals surface area contributed by atoms with Crippen molar-refractivity contribution < 1.29 is 4.79 Å². The summed E-state index contributed by atoms with van der Waals surface area (Å²) in [5, 5.41) is 16.3. The molecule has 2 N–H and O–H groups in total. The van der Waals surface area contributed by atoms with Crippen LogP contribution >= 0.6 is 34.4 Å². The lowest BCUT2D eigenvalue weighted by atomic mass is 10.2. The SMILES string of the molecule is Cc1ccc2nc(-c3ccc(NC(=O)CSc4nnc(NC5CC5)s4)cc3)sc2c1. The maximum absolute atomic E-state index is 12.3. The smallest absolute Gasteiger partial charge is 0.234 e. The molecule has 2 heterocycles. The number of nitrogens with one attached hydrogen (secondary N) is 2.